The van der Waals surface area contributed by atoms with Crippen LogP contribution in [-0.2, 0) is 4.74 Å². The number of carbonyl (C=O) groups is 2. The second-order valence-electron chi connectivity index (χ2n) is 8.15. The predicted molar refractivity (Wildman–Crippen MR) is 144 cm³/mol. The minimum absolute atomic E-state index is 0.305. The lowest BCUT2D eigenvalue weighted by atomic mass is 10.0. The van der Waals surface area contributed by atoms with Crippen molar-refractivity contribution < 1.29 is 14.3 Å². The van der Waals surface area contributed by atoms with Crippen molar-refractivity contribution in [2.45, 2.75) is 13.8 Å². The lowest BCUT2D eigenvalue weighted by Crippen LogP contribution is -2.15. The van der Waals surface area contributed by atoms with Crippen LogP contribution in [0.2, 0.25) is 0 Å². The Morgan fingerprint density at radius 1 is 0.971 bits per heavy atom. The molecular formula is C28H22N2O3S2. The zero-order chi connectivity index (χ0) is 24.5. The van der Waals surface area contributed by atoms with E-state index in [2.05, 4.69) is 5.32 Å². The van der Waals surface area contributed by atoms with Crippen LogP contribution >= 0.6 is 22.7 Å². The minimum atomic E-state index is -0.494. The van der Waals surface area contributed by atoms with E-state index < -0.39 is 5.97 Å². The summed E-state index contributed by atoms with van der Waals surface area (Å²) < 4.78 is 5.07. The number of fused-ring (bicyclic) bond motifs is 1. The number of carbonyl (C=O) groups excluding carboxylic acids is 2. The van der Waals surface area contributed by atoms with Crippen molar-refractivity contribution in [2.24, 2.45) is 0 Å². The summed E-state index contributed by atoms with van der Waals surface area (Å²) in [6, 6.07) is 21.3. The van der Waals surface area contributed by atoms with Gasteiger partial charge in [0.25, 0.3) is 5.91 Å². The van der Waals surface area contributed by atoms with Gasteiger partial charge < -0.3 is 10.1 Å². The van der Waals surface area contributed by atoms with Crippen LogP contribution < -0.4 is 5.32 Å². The number of pyridine rings is 1. The number of nitrogens with zero attached hydrogens (tertiary/aromatic N) is 1. The first kappa shape index (κ1) is 23.0. The highest BCUT2D eigenvalue weighted by Gasteiger charge is 2.24. The molecule has 0 fully saturated rings. The van der Waals surface area contributed by atoms with Gasteiger partial charge in [-0.1, -0.05) is 48.0 Å². The van der Waals surface area contributed by atoms with Crippen LogP contribution in [0, 0.1) is 13.8 Å². The number of amides is 1. The maximum Gasteiger partial charge on any atom is 0.341 e. The zero-order valence-electron chi connectivity index (χ0n) is 19.4. The first-order valence-electron chi connectivity index (χ1n) is 11.0. The van der Waals surface area contributed by atoms with E-state index in [1.807, 2.05) is 86.0 Å². The van der Waals surface area contributed by atoms with Gasteiger partial charge in [0.1, 0.15) is 10.6 Å². The number of aromatic nitrogens is 1. The van der Waals surface area contributed by atoms with Crippen LogP contribution in [-0.4, -0.2) is 24.0 Å². The quantitative estimate of drug-likeness (QED) is 0.257. The van der Waals surface area contributed by atoms with Gasteiger partial charge in [0.2, 0.25) is 0 Å². The average Bonchev–Trinajstić information content (AvgIpc) is 3.49. The Labute approximate surface area is 211 Å². The summed E-state index contributed by atoms with van der Waals surface area (Å²) in [5.41, 5.74) is 5.06. The highest BCUT2D eigenvalue weighted by atomic mass is 32.1. The molecule has 0 saturated heterocycles. The molecule has 0 unspecified atom stereocenters. The molecule has 5 nitrogen and oxygen atoms in total. The second kappa shape index (κ2) is 9.44. The number of rotatable bonds is 5. The Morgan fingerprint density at radius 2 is 1.74 bits per heavy atom. The van der Waals surface area contributed by atoms with E-state index >= 15 is 0 Å². The van der Waals surface area contributed by atoms with E-state index in [0.29, 0.717) is 16.1 Å². The number of anilines is 1. The number of para-hydroxylation sites is 1. The molecular weight excluding hydrogens is 476 g/mol. The van der Waals surface area contributed by atoms with E-state index in [1.54, 1.807) is 11.3 Å². The van der Waals surface area contributed by atoms with Gasteiger partial charge in [-0.15, -0.1) is 22.7 Å². The van der Waals surface area contributed by atoms with Crippen LogP contribution in [0.1, 0.15) is 31.2 Å². The molecule has 0 aliphatic carbocycles. The molecule has 3 aromatic heterocycles. The van der Waals surface area contributed by atoms with Crippen molar-refractivity contribution >= 4 is 50.5 Å². The Hall–Kier alpha value is -3.81. The SMILES string of the molecule is COC(=O)c1c(-c2ccc(C)cc2)csc1NC(=O)c1cc(-c2ccc(C)s2)nc2ccccc12. The number of benzene rings is 2. The number of aryl methyl sites for hydroxylation is 2. The maximum atomic E-state index is 13.6. The lowest BCUT2D eigenvalue weighted by molar-refractivity contribution is 0.0603. The second-order valence-corrected chi connectivity index (χ2v) is 10.3. The van der Waals surface area contributed by atoms with E-state index in [9.17, 15) is 9.59 Å². The molecule has 0 aliphatic heterocycles. The third-order valence-electron chi connectivity index (χ3n) is 5.72. The molecule has 1 N–H and O–H groups in total. The topological polar surface area (TPSA) is 68.3 Å². The molecule has 0 bridgehead atoms. The van der Waals surface area contributed by atoms with E-state index in [4.69, 9.17) is 9.72 Å². The monoisotopic (exact) mass is 498 g/mol. The number of esters is 1. The van der Waals surface area contributed by atoms with E-state index in [0.717, 1.165) is 38.2 Å². The molecule has 5 rings (SSSR count). The van der Waals surface area contributed by atoms with Crippen LogP contribution in [0.3, 0.4) is 0 Å². The van der Waals surface area contributed by atoms with Crippen molar-refractivity contribution in [3.8, 4) is 21.7 Å². The fraction of sp³-hybridized carbons (Fsp3) is 0.107. The number of hydrogen-bond acceptors (Lipinski definition) is 6. The molecule has 3 heterocycles. The summed E-state index contributed by atoms with van der Waals surface area (Å²) >= 11 is 2.94. The Kier molecular flexibility index (Phi) is 6.19. The van der Waals surface area contributed by atoms with Crippen LogP contribution in [0.25, 0.3) is 32.6 Å². The largest absolute Gasteiger partial charge is 0.465 e. The number of thiophene rings is 2. The molecule has 7 heteroatoms. The molecule has 0 atom stereocenters. The van der Waals surface area contributed by atoms with Gasteiger partial charge >= 0.3 is 5.97 Å². The molecule has 5 aromatic rings. The smallest absolute Gasteiger partial charge is 0.341 e. The first-order valence-corrected chi connectivity index (χ1v) is 12.7. The number of methoxy groups -OCH3 is 1. The van der Waals surface area contributed by atoms with Crippen molar-refractivity contribution in [1.29, 1.82) is 0 Å². The fourth-order valence-corrected chi connectivity index (χ4v) is 5.71. The van der Waals surface area contributed by atoms with Crippen LogP contribution in [0.5, 0.6) is 0 Å². The molecule has 1 amide bonds. The average molecular weight is 499 g/mol. The van der Waals surface area contributed by atoms with Gasteiger partial charge in [0.05, 0.1) is 28.8 Å². The lowest BCUT2D eigenvalue weighted by Gasteiger charge is -2.11. The molecule has 0 aliphatic rings. The molecule has 35 heavy (non-hydrogen) atoms. The third kappa shape index (κ3) is 4.48. The van der Waals surface area contributed by atoms with Gasteiger partial charge in [-0.3, -0.25) is 4.79 Å². The molecule has 174 valence electrons. The maximum absolute atomic E-state index is 13.6. The van der Waals surface area contributed by atoms with E-state index in [-0.39, 0.29) is 5.91 Å². The number of ether oxygens (including phenoxy) is 1. The van der Waals surface area contributed by atoms with Crippen molar-refractivity contribution in [3.63, 3.8) is 0 Å². The van der Waals surface area contributed by atoms with Gasteiger partial charge in [-0.2, -0.15) is 0 Å². The molecule has 0 radical (unpaired) electrons. The normalized spacial score (nSPS) is 10.9. The minimum Gasteiger partial charge on any atom is -0.465 e. The summed E-state index contributed by atoms with van der Waals surface area (Å²) in [4.78, 5) is 33.3. The van der Waals surface area contributed by atoms with Gasteiger partial charge in [0.15, 0.2) is 0 Å². The van der Waals surface area contributed by atoms with E-state index in [1.165, 1.54) is 23.3 Å². The van der Waals surface area contributed by atoms with Crippen molar-refractivity contribution in [2.75, 3.05) is 12.4 Å². The highest BCUT2D eigenvalue weighted by Crippen LogP contribution is 2.37. The molecule has 2 aromatic carbocycles. The molecule has 0 saturated carbocycles. The third-order valence-corrected chi connectivity index (χ3v) is 7.64. The van der Waals surface area contributed by atoms with Crippen LogP contribution in [0.4, 0.5) is 5.00 Å². The Bertz CT molecular complexity index is 1570. The first-order chi connectivity index (χ1) is 16.9. The predicted octanol–water partition coefficient (Wildman–Crippen LogP) is 7.35. The van der Waals surface area contributed by atoms with Crippen molar-refractivity contribution in [3.05, 3.63) is 93.7 Å². The summed E-state index contributed by atoms with van der Waals surface area (Å²) in [5.74, 6) is -0.799. The van der Waals surface area contributed by atoms with Gasteiger partial charge in [-0.25, -0.2) is 9.78 Å². The van der Waals surface area contributed by atoms with Gasteiger partial charge in [0, 0.05) is 21.2 Å². The fourth-order valence-electron chi connectivity index (χ4n) is 3.93. The Morgan fingerprint density at radius 3 is 2.46 bits per heavy atom. The summed E-state index contributed by atoms with van der Waals surface area (Å²) in [7, 11) is 1.34. The van der Waals surface area contributed by atoms with Crippen LogP contribution in [0.15, 0.2) is 72.1 Å². The van der Waals surface area contributed by atoms with Crippen molar-refractivity contribution in [1.82, 2.24) is 4.98 Å². The Balaban J connectivity index is 1.58. The highest BCUT2D eigenvalue weighted by molar-refractivity contribution is 7.15. The molecule has 0 spiro atoms. The standard InChI is InChI=1S/C28H22N2O3S2/c1-16-8-11-18(12-9-16)21-15-34-27(25(21)28(32)33-3)30-26(31)20-14-23(24-13-10-17(2)35-24)29-22-7-5-4-6-19(20)22/h4-15H,1-3H3,(H,30,31). The summed E-state index contributed by atoms with van der Waals surface area (Å²) in [6.45, 7) is 4.05. The summed E-state index contributed by atoms with van der Waals surface area (Å²) in [5, 5.41) is 6.04. The number of nitrogens with one attached hydrogen (secondary N) is 1. The van der Waals surface area contributed by atoms with Gasteiger partial charge in [-0.05, 0) is 43.7 Å². The summed E-state index contributed by atoms with van der Waals surface area (Å²) in [6.07, 6.45) is 0. The number of hydrogen-bond donors (Lipinski definition) is 1. The zero-order valence-corrected chi connectivity index (χ0v) is 21.0.